The van der Waals surface area contributed by atoms with Crippen LogP contribution in [0.5, 0.6) is 0 Å². The van der Waals surface area contributed by atoms with Crippen LogP contribution in [-0.4, -0.2) is 11.9 Å². The van der Waals surface area contributed by atoms with Crippen LogP contribution in [0.25, 0.3) is 11.0 Å². The summed E-state index contributed by atoms with van der Waals surface area (Å²) < 4.78 is 5.72. The first-order valence-corrected chi connectivity index (χ1v) is 8.03. The molecular weight excluding hydrogens is 318 g/mol. The van der Waals surface area contributed by atoms with Crippen molar-refractivity contribution in [3.05, 3.63) is 28.5 Å². The van der Waals surface area contributed by atoms with E-state index in [9.17, 15) is 9.59 Å². The maximum absolute atomic E-state index is 12.1. The van der Waals surface area contributed by atoms with Gasteiger partial charge in [-0.15, -0.1) is 0 Å². The smallest absolute Gasteiger partial charge is 0.319 e. The van der Waals surface area contributed by atoms with Gasteiger partial charge in [0.25, 0.3) is 5.91 Å². The van der Waals surface area contributed by atoms with Crippen molar-refractivity contribution in [1.82, 2.24) is 5.32 Å². The molecule has 23 heavy (non-hydrogen) atoms. The van der Waals surface area contributed by atoms with Crippen LogP contribution < -0.4 is 16.4 Å². The number of carbonyl (C=O) groups is 2. The Balaban J connectivity index is 2.04. The predicted octanol–water partition coefficient (Wildman–Crippen LogP) is 3.48. The standard InChI is InChI=1S/C16H16ClN3O3/c17-9-6-8-7-10(14(18)21)23-13(8)11-12(9)19-15(22)20-16(11)4-2-1-3-5-16/h6-7H,1-5H2,(H2,18,21)(H2,19,20,22). The van der Waals surface area contributed by atoms with Crippen LogP contribution in [0.15, 0.2) is 16.5 Å². The number of fused-ring (bicyclic) bond motifs is 4. The molecule has 7 heteroatoms. The molecule has 1 aromatic carbocycles. The van der Waals surface area contributed by atoms with Crippen LogP contribution in [0, 0.1) is 0 Å². The van der Waals surface area contributed by atoms with E-state index < -0.39 is 11.4 Å². The van der Waals surface area contributed by atoms with Crippen molar-refractivity contribution >= 4 is 40.2 Å². The Morgan fingerprint density at radius 1 is 1.26 bits per heavy atom. The van der Waals surface area contributed by atoms with Crippen molar-refractivity contribution in [2.24, 2.45) is 5.73 Å². The number of halogens is 1. The normalized spacial score (nSPS) is 19.3. The zero-order valence-electron chi connectivity index (χ0n) is 12.4. The van der Waals surface area contributed by atoms with Crippen LogP contribution >= 0.6 is 11.6 Å². The summed E-state index contributed by atoms with van der Waals surface area (Å²) in [5.41, 5.74) is 6.78. The summed E-state index contributed by atoms with van der Waals surface area (Å²) in [4.78, 5) is 23.6. The van der Waals surface area contributed by atoms with Gasteiger partial charge in [0.2, 0.25) is 0 Å². The van der Waals surface area contributed by atoms with Gasteiger partial charge in [0, 0.05) is 10.9 Å². The number of hydrogen-bond donors (Lipinski definition) is 3. The van der Waals surface area contributed by atoms with Crippen molar-refractivity contribution in [1.29, 1.82) is 0 Å². The van der Waals surface area contributed by atoms with Crippen LogP contribution in [0.3, 0.4) is 0 Å². The quantitative estimate of drug-likeness (QED) is 0.745. The second kappa shape index (κ2) is 4.89. The minimum atomic E-state index is -0.628. The van der Waals surface area contributed by atoms with Crippen LogP contribution in [0.2, 0.25) is 5.02 Å². The lowest BCUT2D eigenvalue weighted by Gasteiger charge is -2.42. The van der Waals surface area contributed by atoms with Gasteiger partial charge < -0.3 is 20.8 Å². The summed E-state index contributed by atoms with van der Waals surface area (Å²) in [5.74, 6) is -0.538. The molecule has 4 N–H and O–H groups in total. The highest BCUT2D eigenvalue weighted by Crippen LogP contribution is 2.48. The molecule has 120 valence electrons. The summed E-state index contributed by atoms with van der Waals surface area (Å²) >= 11 is 6.38. The zero-order chi connectivity index (χ0) is 16.2. The first-order valence-electron chi connectivity index (χ1n) is 7.66. The Hall–Kier alpha value is -2.21. The second-order valence-electron chi connectivity index (χ2n) is 6.22. The van der Waals surface area contributed by atoms with E-state index in [0.717, 1.165) is 37.7 Å². The predicted molar refractivity (Wildman–Crippen MR) is 86.7 cm³/mol. The van der Waals surface area contributed by atoms with Gasteiger partial charge in [0.05, 0.1) is 16.2 Å². The summed E-state index contributed by atoms with van der Waals surface area (Å²) in [6, 6.07) is 3.02. The fourth-order valence-corrected chi connectivity index (χ4v) is 4.06. The summed E-state index contributed by atoms with van der Waals surface area (Å²) in [5, 5.41) is 6.98. The lowest BCUT2D eigenvalue weighted by atomic mass is 9.74. The summed E-state index contributed by atoms with van der Waals surface area (Å²) in [6.45, 7) is 0. The Morgan fingerprint density at radius 2 is 2.00 bits per heavy atom. The van der Waals surface area contributed by atoms with Crippen molar-refractivity contribution in [2.45, 2.75) is 37.6 Å². The van der Waals surface area contributed by atoms with E-state index in [1.807, 2.05) is 0 Å². The van der Waals surface area contributed by atoms with Crippen molar-refractivity contribution in [3.8, 4) is 0 Å². The first-order chi connectivity index (χ1) is 11.0. The molecule has 4 rings (SSSR count). The van der Waals surface area contributed by atoms with Gasteiger partial charge in [-0.2, -0.15) is 0 Å². The fraction of sp³-hybridized carbons (Fsp3) is 0.375. The molecule has 3 amide bonds. The van der Waals surface area contributed by atoms with Crippen LogP contribution in [0.1, 0.15) is 48.2 Å². The van der Waals surface area contributed by atoms with E-state index in [2.05, 4.69) is 10.6 Å². The number of primary amides is 1. The fourth-order valence-electron chi connectivity index (χ4n) is 3.80. The molecule has 6 nitrogen and oxygen atoms in total. The molecule has 1 saturated carbocycles. The lowest BCUT2D eigenvalue weighted by molar-refractivity contribution is 0.0975. The average molecular weight is 334 g/mol. The highest BCUT2D eigenvalue weighted by Gasteiger charge is 2.43. The minimum Gasteiger partial charge on any atom is -0.450 e. The minimum absolute atomic E-state index is 0.0901. The molecular formula is C16H16ClN3O3. The van der Waals surface area contributed by atoms with Crippen molar-refractivity contribution < 1.29 is 14.0 Å². The number of nitrogens with one attached hydrogen (secondary N) is 2. The molecule has 1 aromatic heterocycles. The van der Waals surface area contributed by atoms with Crippen LogP contribution in [0.4, 0.5) is 10.5 Å². The maximum Gasteiger partial charge on any atom is 0.319 e. The number of amides is 3. The number of benzene rings is 1. The van der Waals surface area contributed by atoms with E-state index in [-0.39, 0.29) is 11.8 Å². The molecule has 0 atom stereocenters. The third kappa shape index (κ3) is 2.09. The van der Waals surface area contributed by atoms with Gasteiger partial charge >= 0.3 is 6.03 Å². The zero-order valence-corrected chi connectivity index (χ0v) is 13.1. The highest BCUT2D eigenvalue weighted by atomic mass is 35.5. The largest absolute Gasteiger partial charge is 0.450 e. The lowest BCUT2D eigenvalue weighted by Crippen LogP contribution is -2.52. The maximum atomic E-state index is 12.1. The molecule has 0 radical (unpaired) electrons. The molecule has 1 fully saturated rings. The van der Waals surface area contributed by atoms with Gasteiger partial charge in [-0.25, -0.2) is 4.79 Å². The van der Waals surface area contributed by atoms with E-state index in [0.29, 0.717) is 21.7 Å². The monoisotopic (exact) mass is 333 g/mol. The first kappa shape index (κ1) is 14.4. The third-order valence-electron chi connectivity index (χ3n) is 4.78. The van der Waals surface area contributed by atoms with E-state index in [1.54, 1.807) is 12.1 Å². The Kier molecular flexibility index (Phi) is 3.06. The number of rotatable bonds is 1. The van der Waals surface area contributed by atoms with Crippen molar-refractivity contribution in [2.75, 3.05) is 5.32 Å². The van der Waals surface area contributed by atoms with Crippen molar-refractivity contribution in [3.63, 3.8) is 0 Å². The number of anilines is 1. The average Bonchev–Trinajstić information content (AvgIpc) is 2.91. The third-order valence-corrected chi connectivity index (χ3v) is 5.08. The number of urea groups is 1. The summed E-state index contributed by atoms with van der Waals surface area (Å²) in [7, 11) is 0. The van der Waals surface area contributed by atoms with E-state index in [4.69, 9.17) is 21.8 Å². The molecule has 1 aliphatic heterocycles. The second-order valence-corrected chi connectivity index (χ2v) is 6.63. The molecule has 1 aliphatic carbocycles. The Morgan fingerprint density at radius 3 is 2.70 bits per heavy atom. The molecule has 0 unspecified atom stereocenters. The number of furan rings is 1. The van der Waals surface area contributed by atoms with Gasteiger partial charge in [-0.3, -0.25) is 4.79 Å². The Bertz CT molecular complexity index is 837. The SMILES string of the molecule is NC(=O)c1cc2cc(Cl)c3c(c2o1)C1(CCCCC1)NC(=O)N3. The van der Waals surface area contributed by atoms with E-state index >= 15 is 0 Å². The molecule has 0 saturated heterocycles. The number of hydrogen-bond acceptors (Lipinski definition) is 3. The van der Waals surface area contributed by atoms with Gasteiger partial charge in [-0.05, 0) is 25.0 Å². The van der Waals surface area contributed by atoms with Gasteiger partial charge in [0.1, 0.15) is 5.58 Å². The Labute approximate surface area is 137 Å². The van der Waals surface area contributed by atoms with Gasteiger partial charge in [-0.1, -0.05) is 30.9 Å². The van der Waals surface area contributed by atoms with E-state index in [1.165, 1.54) is 0 Å². The molecule has 2 aromatic rings. The number of carbonyl (C=O) groups excluding carboxylic acids is 2. The highest BCUT2D eigenvalue weighted by molar-refractivity contribution is 6.35. The molecule has 0 bridgehead atoms. The molecule has 2 aliphatic rings. The molecule has 2 heterocycles. The summed E-state index contributed by atoms with van der Waals surface area (Å²) in [6.07, 6.45) is 4.79. The van der Waals surface area contributed by atoms with Crippen LogP contribution in [-0.2, 0) is 5.54 Å². The molecule has 1 spiro atoms. The topological polar surface area (TPSA) is 97.4 Å². The number of nitrogens with two attached hydrogens (primary N) is 1. The van der Waals surface area contributed by atoms with Gasteiger partial charge in [0.15, 0.2) is 5.76 Å².